The molecule has 2 amide bonds. The van der Waals surface area contributed by atoms with Crippen LogP contribution in [0.2, 0.25) is 0 Å². The van der Waals surface area contributed by atoms with Crippen molar-refractivity contribution in [2.24, 2.45) is 0 Å². The third kappa shape index (κ3) is 6.58. The molecule has 0 fully saturated rings. The number of ether oxygens (including phenoxy) is 2. The maximum atomic E-state index is 12.5. The molecular weight excluding hydrogens is 400 g/mol. The standard InChI is InChI=1S/C18H28N4O6S/c1-22(2)29(25,26)21-15-6-4-5-9-19-17(23)14-8-7-13(27-3)12-16(14)28-11-10-20-18(15)24/h7-8,12,15,21H,4-6,9-11H2,1-3H3,(H,19,23)(H,20,24)/t15-/m0/s1. The Bertz CT molecular complexity index is 828. The number of carbonyl (C=O) groups excluding carboxylic acids is 2. The molecule has 1 aliphatic heterocycles. The molecule has 10 nitrogen and oxygen atoms in total. The SMILES string of the molecule is COc1ccc2c(c1)OCCNC(=O)[C@@H](NS(=O)(=O)N(C)C)CCCCNC2=O. The summed E-state index contributed by atoms with van der Waals surface area (Å²) in [5.74, 6) is 0.192. The predicted octanol–water partition coefficient (Wildman–Crippen LogP) is -0.131. The summed E-state index contributed by atoms with van der Waals surface area (Å²) in [7, 11) is 0.530. The van der Waals surface area contributed by atoms with Gasteiger partial charge >= 0.3 is 0 Å². The van der Waals surface area contributed by atoms with Gasteiger partial charge in [0.2, 0.25) is 5.91 Å². The molecule has 0 saturated heterocycles. The second-order valence-electron chi connectivity index (χ2n) is 6.71. The van der Waals surface area contributed by atoms with Crippen LogP contribution in [-0.4, -0.2) is 71.5 Å². The summed E-state index contributed by atoms with van der Waals surface area (Å²) >= 11 is 0. The first-order chi connectivity index (χ1) is 13.7. The average molecular weight is 429 g/mol. The van der Waals surface area contributed by atoms with E-state index in [4.69, 9.17) is 9.47 Å². The molecule has 1 heterocycles. The third-order valence-electron chi connectivity index (χ3n) is 4.39. The summed E-state index contributed by atoms with van der Waals surface area (Å²) in [5, 5.41) is 5.49. The molecule has 0 spiro atoms. The van der Waals surface area contributed by atoms with Gasteiger partial charge < -0.3 is 20.1 Å². The Kier molecular flexibility index (Phi) is 8.23. The van der Waals surface area contributed by atoms with Gasteiger partial charge in [-0.3, -0.25) is 9.59 Å². The van der Waals surface area contributed by atoms with E-state index in [1.165, 1.54) is 21.2 Å². The highest BCUT2D eigenvalue weighted by Crippen LogP contribution is 2.25. The van der Waals surface area contributed by atoms with E-state index < -0.39 is 22.2 Å². The first-order valence-corrected chi connectivity index (χ1v) is 10.7. The van der Waals surface area contributed by atoms with E-state index in [9.17, 15) is 18.0 Å². The molecule has 1 aromatic carbocycles. The van der Waals surface area contributed by atoms with Crippen molar-refractivity contribution < 1.29 is 27.5 Å². The highest BCUT2D eigenvalue weighted by atomic mass is 32.2. The topological polar surface area (TPSA) is 126 Å². The highest BCUT2D eigenvalue weighted by Gasteiger charge is 2.25. The first kappa shape index (κ1) is 22.9. The number of hydrogen-bond donors (Lipinski definition) is 3. The van der Waals surface area contributed by atoms with E-state index in [1.807, 2.05) is 0 Å². The molecule has 0 radical (unpaired) electrons. The van der Waals surface area contributed by atoms with Crippen molar-refractivity contribution in [1.29, 1.82) is 0 Å². The first-order valence-electron chi connectivity index (χ1n) is 9.31. The van der Waals surface area contributed by atoms with Crippen molar-refractivity contribution in [2.75, 3.05) is 40.9 Å². The Morgan fingerprint density at radius 1 is 1.17 bits per heavy atom. The smallest absolute Gasteiger partial charge is 0.279 e. The summed E-state index contributed by atoms with van der Waals surface area (Å²) < 4.78 is 38.5. The molecule has 0 aromatic heterocycles. The largest absolute Gasteiger partial charge is 0.497 e. The van der Waals surface area contributed by atoms with Gasteiger partial charge in [0.05, 0.1) is 19.2 Å². The van der Waals surface area contributed by atoms with Crippen molar-refractivity contribution in [1.82, 2.24) is 19.7 Å². The van der Waals surface area contributed by atoms with Crippen LogP contribution in [0.3, 0.4) is 0 Å². The molecule has 11 heteroatoms. The van der Waals surface area contributed by atoms with Gasteiger partial charge in [-0.1, -0.05) is 0 Å². The molecular formula is C18H28N4O6S. The quantitative estimate of drug-likeness (QED) is 0.613. The monoisotopic (exact) mass is 428 g/mol. The van der Waals surface area contributed by atoms with Crippen LogP contribution in [0.25, 0.3) is 0 Å². The number of hydrogen-bond acceptors (Lipinski definition) is 6. The van der Waals surface area contributed by atoms with Gasteiger partial charge in [0.15, 0.2) is 0 Å². The van der Waals surface area contributed by atoms with Crippen molar-refractivity contribution in [3.8, 4) is 11.5 Å². The number of benzene rings is 1. The average Bonchev–Trinajstić information content (AvgIpc) is 2.68. The Balaban J connectivity index is 2.13. The van der Waals surface area contributed by atoms with Crippen molar-refractivity contribution in [2.45, 2.75) is 25.3 Å². The van der Waals surface area contributed by atoms with E-state index in [-0.39, 0.29) is 19.1 Å². The summed E-state index contributed by atoms with van der Waals surface area (Å²) in [6, 6.07) is 4.00. The van der Waals surface area contributed by atoms with Crippen LogP contribution in [0, 0.1) is 0 Å². The Labute approximate surface area is 171 Å². The number of methoxy groups -OCH3 is 1. The molecule has 2 rings (SSSR count). The molecule has 3 N–H and O–H groups in total. The van der Waals surface area contributed by atoms with E-state index in [1.54, 1.807) is 18.2 Å². The Morgan fingerprint density at radius 2 is 1.93 bits per heavy atom. The van der Waals surface area contributed by atoms with E-state index in [0.717, 1.165) is 4.31 Å². The predicted molar refractivity (Wildman–Crippen MR) is 107 cm³/mol. The summed E-state index contributed by atoms with van der Waals surface area (Å²) in [5.41, 5.74) is 0.380. The van der Waals surface area contributed by atoms with Crippen molar-refractivity contribution in [3.05, 3.63) is 23.8 Å². The summed E-state index contributed by atoms with van der Waals surface area (Å²) in [6.07, 6.45) is 1.45. The maximum absolute atomic E-state index is 12.5. The number of fused-ring (bicyclic) bond motifs is 1. The van der Waals surface area contributed by atoms with Gasteiger partial charge in [-0.2, -0.15) is 17.4 Å². The molecule has 1 atom stereocenters. The van der Waals surface area contributed by atoms with Crippen LogP contribution >= 0.6 is 0 Å². The second kappa shape index (κ2) is 10.4. The lowest BCUT2D eigenvalue weighted by Crippen LogP contribution is -2.50. The minimum atomic E-state index is -3.76. The normalized spacial score (nSPS) is 19.4. The Morgan fingerprint density at radius 3 is 2.62 bits per heavy atom. The minimum absolute atomic E-state index is 0.104. The number of nitrogens with zero attached hydrogens (tertiary/aromatic N) is 1. The van der Waals surface area contributed by atoms with Crippen LogP contribution < -0.4 is 24.8 Å². The molecule has 162 valence electrons. The second-order valence-corrected chi connectivity index (χ2v) is 8.63. The zero-order chi connectivity index (χ0) is 21.4. The number of amides is 2. The van der Waals surface area contributed by atoms with Crippen LogP contribution in [-0.2, 0) is 15.0 Å². The van der Waals surface area contributed by atoms with E-state index in [2.05, 4.69) is 15.4 Å². The minimum Gasteiger partial charge on any atom is -0.497 e. The summed E-state index contributed by atoms with van der Waals surface area (Å²) in [6.45, 7) is 0.642. The molecule has 1 aliphatic rings. The van der Waals surface area contributed by atoms with Crippen molar-refractivity contribution >= 4 is 22.0 Å². The van der Waals surface area contributed by atoms with Gasteiger partial charge in [-0.25, -0.2) is 0 Å². The molecule has 0 aliphatic carbocycles. The van der Waals surface area contributed by atoms with Crippen LogP contribution in [0.4, 0.5) is 0 Å². The van der Waals surface area contributed by atoms with Gasteiger partial charge in [-0.15, -0.1) is 0 Å². The zero-order valence-corrected chi connectivity index (χ0v) is 17.7. The molecule has 0 saturated carbocycles. The zero-order valence-electron chi connectivity index (χ0n) is 16.9. The lowest BCUT2D eigenvalue weighted by Gasteiger charge is -2.21. The number of nitrogens with one attached hydrogen (secondary N) is 3. The lowest BCUT2D eigenvalue weighted by atomic mass is 10.1. The van der Waals surface area contributed by atoms with Gasteiger partial charge in [-0.05, 0) is 31.4 Å². The van der Waals surface area contributed by atoms with Crippen LogP contribution in [0.1, 0.15) is 29.6 Å². The summed E-state index contributed by atoms with van der Waals surface area (Å²) in [4.78, 5) is 24.9. The van der Waals surface area contributed by atoms with Crippen LogP contribution in [0.15, 0.2) is 18.2 Å². The van der Waals surface area contributed by atoms with Gasteiger partial charge in [0.25, 0.3) is 16.1 Å². The fourth-order valence-electron chi connectivity index (χ4n) is 2.69. The molecule has 0 bridgehead atoms. The molecule has 29 heavy (non-hydrogen) atoms. The fourth-order valence-corrected chi connectivity index (χ4v) is 3.49. The van der Waals surface area contributed by atoms with Gasteiger partial charge in [0.1, 0.15) is 24.1 Å². The molecule has 0 unspecified atom stereocenters. The highest BCUT2D eigenvalue weighted by molar-refractivity contribution is 7.87. The lowest BCUT2D eigenvalue weighted by molar-refractivity contribution is -0.123. The van der Waals surface area contributed by atoms with E-state index >= 15 is 0 Å². The van der Waals surface area contributed by atoms with Crippen molar-refractivity contribution in [3.63, 3.8) is 0 Å². The maximum Gasteiger partial charge on any atom is 0.279 e. The Hall–Kier alpha value is -2.37. The van der Waals surface area contributed by atoms with Gasteiger partial charge in [0, 0.05) is 26.7 Å². The van der Waals surface area contributed by atoms with Crippen LogP contribution in [0.5, 0.6) is 11.5 Å². The third-order valence-corrected chi connectivity index (χ3v) is 5.93. The number of carbonyl (C=O) groups is 2. The fraction of sp³-hybridized carbons (Fsp3) is 0.556. The number of rotatable bonds is 4. The molecule has 1 aromatic rings. The van der Waals surface area contributed by atoms with E-state index in [0.29, 0.717) is 42.9 Å².